The van der Waals surface area contributed by atoms with Crippen LogP contribution in [0, 0.1) is 9.02 Å². The number of rotatable bonds is 2. The molecule has 0 unspecified atom stereocenters. The fourth-order valence-corrected chi connectivity index (χ4v) is 2.60. The van der Waals surface area contributed by atoms with Crippen LogP contribution in [0.15, 0.2) is 58.3 Å². The quantitative estimate of drug-likeness (QED) is 0.274. The summed E-state index contributed by atoms with van der Waals surface area (Å²) in [6.45, 7) is 8.58. The Bertz CT molecular complexity index is 733. The van der Waals surface area contributed by atoms with E-state index in [9.17, 15) is 0 Å². The van der Waals surface area contributed by atoms with Gasteiger partial charge in [0.2, 0.25) is 0 Å². The maximum absolute atomic E-state index is 5.12. The fourth-order valence-electron chi connectivity index (χ4n) is 1.92. The summed E-state index contributed by atoms with van der Waals surface area (Å²) in [7, 11) is 0. The van der Waals surface area contributed by atoms with E-state index >= 15 is 0 Å². The molecule has 0 spiro atoms. The topological polar surface area (TPSA) is 0 Å². The van der Waals surface area contributed by atoms with Crippen molar-refractivity contribution in [3.63, 3.8) is 0 Å². The summed E-state index contributed by atoms with van der Waals surface area (Å²) in [6.07, 6.45) is 0. The molecule has 0 aliphatic rings. The van der Waals surface area contributed by atoms with E-state index in [1.54, 1.807) is 0 Å². The molecule has 128 valence electrons. The molecule has 0 radical (unpaired) electrons. The molecule has 0 saturated heterocycles. The van der Waals surface area contributed by atoms with Crippen LogP contribution in [0.2, 0.25) is 0 Å². The number of hydrogen-bond donors (Lipinski definition) is 0. The second-order valence-corrected chi connectivity index (χ2v) is 7.87. The Morgan fingerprint density at radius 2 is 1.00 bits per heavy atom. The predicted octanol–water partition coefficient (Wildman–Crippen LogP) is 6.89. The number of hydrogen-bond acceptors (Lipinski definition) is 4. The smallest absolute Gasteiger partial charge is 0.778 e. The molecule has 2 aromatic rings. The molecule has 2 rings (SSSR count). The Hall–Kier alpha value is -0.317. The third kappa shape index (κ3) is 8.75. The Morgan fingerprint density at radius 1 is 0.680 bits per heavy atom. The average Bonchev–Trinajstić information content (AvgIpc) is 2.78. The van der Waals surface area contributed by atoms with Crippen molar-refractivity contribution >= 4 is 49.7 Å². The fraction of sp³-hybridized carbons (Fsp3) is 0.300. The van der Waals surface area contributed by atoms with Gasteiger partial charge in [-0.3, -0.25) is 0 Å². The van der Waals surface area contributed by atoms with E-state index in [0.717, 1.165) is 18.8 Å². The largest absolute Gasteiger partial charge is 2.00 e. The third-order valence-electron chi connectivity index (χ3n) is 3.49. The first-order valence-electron chi connectivity index (χ1n) is 7.85. The zero-order valence-electron chi connectivity index (χ0n) is 15.1. The van der Waals surface area contributed by atoms with Crippen molar-refractivity contribution in [2.75, 3.05) is 0 Å². The molecule has 0 atom stereocenters. The van der Waals surface area contributed by atoms with Gasteiger partial charge < -0.3 is 25.3 Å². The van der Waals surface area contributed by atoms with E-state index in [2.05, 4.69) is 39.8 Å². The molecule has 0 saturated carbocycles. The van der Waals surface area contributed by atoms with Crippen molar-refractivity contribution < 1.29 is 19.5 Å². The summed E-state index contributed by atoms with van der Waals surface area (Å²) in [5.74, 6) is 1.02. The maximum Gasteiger partial charge on any atom is 2.00 e. The molecule has 0 aliphatic heterocycles. The molecule has 25 heavy (non-hydrogen) atoms. The molecule has 0 fully saturated rings. The van der Waals surface area contributed by atoms with Gasteiger partial charge in [-0.25, -0.2) is 0 Å². The Balaban J connectivity index is 0.000000443. The second-order valence-electron chi connectivity index (χ2n) is 6.11. The van der Waals surface area contributed by atoms with Crippen molar-refractivity contribution in [2.45, 2.75) is 49.3 Å². The summed E-state index contributed by atoms with van der Waals surface area (Å²) >= 11 is 20.4. The first kappa shape index (κ1) is 24.7. The third-order valence-corrected chi connectivity index (χ3v) is 5.13. The minimum Gasteiger partial charge on any atom is -0.778 e. The van der Waals surface area contributed by atoms with Crippen LogP contribution in [0.3, 0.4) is 0 Å². The van der Waals surface area contributed by atoms with Gasteiger partial charge in [0, 0.05) is 9.02 Å². The van der Waals surface area contributed by atoms with Gasteiger partial charge in [0.1, 0.15) is 0 Å². The Labute approximate surface area is 186 Å². The minimum absolute atomic E-state index is 0. The van der Waals surface area contributed by atoms with E-state index in [-0.39, 0.29) is 19.5 Å². The molecule has 0 nitrogen and oxygen atoms in total. The first-order chi connectivity index (χ1) is 11.2. The standard InChI is InChI=1S/2C10H12S2.Zn/c2*1-7(2)8-4-3-5-9(11)10(12)6-8;/h2*3-7H,1-2H3,(H,11,12);/q;;+2/p-2. The zero-order valence-corrected chi connectivity index (χ0v) is 21.3. The summed E-state index contributed by atoms with van der Waals surface area (Å²) in [6, 6.07) is 15.8. The van der Waals surface area contributed by atoms with E-state index in [0.29, 0.717) is 11.8 Å². The molecule has 0 N–H and O–H groups in total. The maximum atomic E-state index is 5.12. The van der Waals surface area contributed by atoms with Crippen LogP contribution in [0.4, 0.5) is 0 Å². The predicted molar refractivity (Wildman–Crippen MR) is 114 cm³/mol. The van der Waals surface area contributed by atoms with E-state index in [1.165, 1.54) is 11.1 Å². The second kappa shape index (κ2) is 12.1. The Kier molecular flexibility index (Phi) is 12.0. The summed E-state index contributed by atoms with van der Waals surface area (Å²) < 4.78 is 1.55. The van der Waals surface area contributed by atoms with Crippen LogP contribution in [0.25, 0.3) is 0 Å². The van der Waals surface area contributed by atoms with Crippen molar-refractivity contribution in [3.8, 4) is 0 Å². The zero-order chi connectivity index (χ0) is 18.3. The van der Waals surface area contributed by atoms with Crippen molar-refractivity contribution in [2.24, 2.45) is 0 Å². The van der Waals surface area contributed by atoms with Gasteiger partial charge in [0.15, 0.2) is 0 Å². The van der Waals surface area contributed by atoms with E-state index < -0.39 is 0 Å². The SMILES string of the molecule is CC(C)c1cccc([S-])c(=S)c1.CC(C)c1cccc([S-])c(=S)c1.[Zn+2]. The molecule has 2 aromatic carbocycles. The van der Waals surface area contributed by atoms with Crippen molar-refractivity contribution in [1.82, 2.24) is 0 Å². The molecule has 0 aliphatic carbocycles. The summed E-state index contributed by atoms with van der Waals surface area (Å²) in [5, 5.41) is 0. The van der Waals surface area contributed by atoms with Crippen LogP contribution < -0.4 is 0 Å². The van der Waals surface area contributed by atoms with Gasteiger partial charge in [-0.15, -0.1) is 0 Å². The summed E-state index contributed by atoms with van der Waals surface area (Å²) in [5.41, 5.74) is 2.49. The Morgan fingerprint density at radius 3 is 1.28 bits per heavy atom. The molecule has 0 aromatic heterocycles. The normalized spacial score (nSPS) is 9.84. The first-order valence-corrected chi connectivity index (χ1v) is 9.48. The van der Waals surface area contributed by atoms with Crippen molar-refractivity contribution in [3.05, 3.63) is 68.7 Å². The minimum atomic E-state index is 0. The van der Waals surface area contributed by atoms with E-state index in [4.69, 9.17) is 49.7 Å². The van der Waals surface area contributed by atoms with Crippen LogP contribution in [0.1, 0.15) is 50.7 Å². The van der Waals surface area contributed by atoms with Crippen LogP contribution >= 0.6 is 24.4 Å². The average molecular weight is 456 g/mol. The summed E-state index contributed by atoms with van der Waals surface area (Å²) in [4.78, 5) is 1.52. The van der Waals surface area contributed by atoms with Gasteiger partial charge in [-0.2, -0.15) is 9.79 Å². The van der Waals surface area contributed by atoms with Crippen LogP contribution in [-0.2, 0) is 44.7 Å². The van der Waals surface area contributed by atoms with Crippen LogP contribution in [-0.4, -0.2) is 0 Å². The van der Waals surface area contributed by atoms with Gasteiger partial charge in [0.05, 0.1) is 0 Å². The molecule has 0 amide bonds. The van der Waals surface area contributed by atoms with Crippen molar-refractivity contribution in [1.29, 1.82) is 0 Å². The molecular formula is C20H22S4Zn. The van der Waals surface area contributed by atoms with Gasteiger partial charge >= 0.3 is 19.5 Å². The molecule has 5 heteroatoms. The van der Waals surface area contributed by atoms with Gasteiger partial charge in [-0.05, 0) is 35.1 Å². The molecule has 0 heterocycles. The monoisotopic (exact) mass is 454 g/mol. The molecule has 0 bridgehead atoms. The molecular weight excluding hydrogens is 434 g/mol. The van der Waals surface area contributed by atoms with Gasteiger partial charge in [0.25, 0.3) is 0 Å². The van der Waals surface area contributed by atoms with E-state index in [1.807, 2.05) is 36.4 Å². The van der Waals surface area contributed by atoms with Gasteiger partial charge in [-0.1, -0.05) is 88.5 Å². The van der Waals surface area contributed by atoms with Crippen LogP contribution in [0.5, 0.6) is 0 Å².